The summed E-state index contributed by atoms with van der Waals surface area (Å²) in [5.41, 5.74) is 0.957. The number of hydrogen-bond donors (Lipinski definition) is 0. The van der Waals surface area contributed by atoms with E-state index in [1.807, 2.05) is 0 Å². The molecule has 0 bridgehead atoms. The topological polar surface area (TPSA) is 54.0 Å². The molecule has 0 spiro atoms. The summed E-state index contributed by atoms with van der Waals surface area (Å²) < 4.78 is 21.0. The summed E-state index contributed by atoms with van der Waals surface area (Å²) in [6.07, 6.45) is -0.608. The first kappa shape index (κ1) is 11.6. The summed E-state index contributed by atoms with van der Waals surface area (Å²) in [5, 5.41) is 0. The molecule has 0 radical (unpaired) electrons. The number of fused-ring (bicyclic) bond motifs is 1. The van der Waals surface area contributed by atoms with Crippen LogP contribution in [0.15, 0.2) is 12.2 Å². The Kier molecular flexibility index (Phi) is 3.28. The van der Waals surface area contributed by atoms with E-state index in [1.54, 1.807) is 7.11 Å². The highest BCUT2D eigenvalue weighted by molar-refractivity contribution is 5.70. The van der Waals surface area contributed by atoms with Crippen molar-refractivity contribution in [3.63, 3.8) is 0 Å². The molecular weight excluding hydrogens is 212 g/mol. The van der Waals surface area contributed by atoms with Gasteiger partial charge in [-0.2, -0.15) is 0 Å². The molecule has 2 aliphatic rings. The van der Waals surface area contributed by atoms with Crippen LogP contribution in [0.25, 0.3) is 0 Å². The molecule has 0 aromatic rings. The molecule has 5 heteroatoms. The Labute approximate surface area is 94.3 Å². The van der Waals surface area contributed by atoms with Gasteiger partial charge in [0.1, 0.15) is 6.10 Å². The van der Waals surface area contributed by atoms with E-state index in [-0.39, 0.29) is 30.5 Å². The van der Waals surface area contributed by atoms with Crippen molar-refractivity contribution in [2.75, 3.05) is 20.8 Å². The molecular formula is C11H16O5. The minimum atomic E-state index is -0.418. The largest absolute Gasteiger partial charge is 0.469 e. The fraction of sp³-hybridized carbons (Fsp3) is 0.727. The maximum absolute atomic E-state index is 11.2. The van der Waals surface area contributed by atoms with Crippen molar-refractivity contribution < 1.29 is 23.7 Å². The summed E-state index contributed by atoms with van der Waals surface area (Å²) in [6.45, 7) is 4.45. The van der Waals surface area contributed by atoms with Gasteiger partial charge >= 0.3 is 5.97 Å². The smallest absolute Gasteiger partial charge is 0.308 e. The lowest BCUT2D eigenvalue weighted by Gasteiger charge is -2.15. The molecule has 0 aliphatic carbocycles. The Balaban J connectivity index is 2.08. The first-order chi connectivity index (χ1) is 7.67. The Hall–Kier alpha value is -0.910. The third-order valence-electron chi connectivity index (χ3n) is 3.09. The monoisotopic (exact) mass is 228 g/mol. The van der Waals surface area contributed by atoms with Gasteiger partial charge in [-0.25, -0.2) is 0 Å². The van der Waals surface area contributed by atoms with Crippen molar-refractivity contribution >= 4 is 5.97 Å². The molecule has 0 N–H and O–H groups in total. The quantitative estimate of drug-likeness (QED) is 0.520. The molecule has 2 heterocycles. The van der Waals surface area contributed by atoms with Crippen LogP contribution in [0.3, 0.4) is 0 Å². The van der Waals surface area contributed by atoms with Crippen molar-refractivity contribution in [1.82, 2.24) is 0 Å². The Morgan fingerprint density at radius 1 is 1.56 bits per heavy atom. The van der Waals surface area contributed by atoms with Crippen LogP contribution in [0.4, 0.5) is 0 Å². The summed E-state index contributed by atoms with van der Waals surface area (Å²) in [4.78, 5) is 11.2. The van der Waals surface area contributed by atoms with Gasteiger partial charge in [-0.1, -0.05) is 6.58 Å². The van der Waals surface area contributed by atoms with E-state index in [9.17, 15) is 4.79 Å². The van der Waals surface area contributed by atoms with Crippen molar-refractivity contribution in [1.29, 1.82) is 0 Å². The normalized spacial score (nSPS) is 37.5. The predicted molar refractivity (Wildman–Crippen MR) is 54.7 cm³/mol. The van der Waals surface area contributed by atoms with Gasteiger partial charge in [-0.15, -0.1) is 0 Å². The number of rotatable bonds is 3. The lowest BCUT2D eigenvalue weighted by molar-refractivity contribution is -0.164. The maximum Gasteiger partial charge on any atom is 0.308 e. The van der Waals surface area contributed by atoms with Crippen LogP contribution in [-0.4, -0.2) is 45.3 Å². The van der Waals surface area contributed by atoms with Crippen molar-refractivity contribution in [3.8, 4) is 0 Å². The van der Waals surface area contributed by atoms with Crippen LogP contribution in [0, 0.1) is 5.92 Å². The van der Waals surface area contributed by atoms with E-state index < -0.39 is 6.29 Å². The number of ether oxygens (including phenoxy) is 4. The van der Waals surface area contributed by atoms with E-state index >= 15 is 0 Å². The third-order valence-corrected chi connectivity index (χ3v) is 3.09. The first-order valence-corrected chi connectivity index (χ1v) is 5.21. The molecule has 90 valence electrons. The highest BCUT2D eigenvalue weighted by Crippen LogP contribution is 2.40. The molecule has 0 saturated carbocycles. The number of esters is 1. The molecule has 0 aromatic heterocycles. The van der Waals surface area contributed by atoms with Crippen LogP contribution < -0.4 is 0 Å². The molecule has 2 aliphatic heterocycles. The van der Waals surface area contributed by atoms with E-state index in [2.05, 4.69) is 11.3 Å². The van der Waals surface area contributed by atoms with Gasteiger partial charge in [0.2, 0.25) is 0 Å². The second-order valence-corrected chi connectivity index (χ2v) is 4.02. The van der Waals surface area contributed by atoms with Crippen molar-refractivity contribution in [2.45, 2.75) is 24.9 Å². The molecule has 16 heavy (non-hydrogen) atoms. The first-order valence-electron chi connectivity index (χ1n) is 5.21. The van der Waals surface area contributed by atoms with Gasteiger partial charge < -0.3 is 18.9 Å². The fourth-order valence-corrected chi connectivity index (χ4v) is 2.30. The highest BCUT2D eigenvalue weighted by Gasteiger charge is 2.50. The molecule has 2 rings (SSSR count). The predicted octanol–water partition coefficient (Wildman–Crippen LogP) is 0.492. The van der Waals surface area contributed by atoms with Crippen LogP contribution in [0.2, 0.25) is 0 Å². The van der Waals surface area contributed by atoms with Gasteiger partial charge in [0, 0.05) is 13.0 Å². The molecule has 2 saturated heterocycles. The summed E-state index contributed by atoms with van der Waals surface area (Å²) in [6, 6.07) is 0. The van der Waals surface area contributed by atoms with Gasteiger partial charge in [0.15, 0.2) is 6.29 Å². The second kappa shape index (κ2) is 4.53. The second-order valence-electron chi connectivity index (χ2n) is 4.02. The molecule has 2 fully saturated rings. The summed E-state index contributed by atoms with van der Waals surface area (Å²) in [5.74, 6) is -0.260. The van der Waals surface area contributed by atoms with E-state index in [4.69, 9.17) is 14.2 Å². The minimum absolute atomic E-state index is 0.0315. The van der Waals surface area contributed by atoms with Gasteiger partial charge in [0.05, 0.1) is 26.2 Å². The molecule has 0 aromatic carbocycles. The number of hydrogen-bond acceptors (Lipinski definition) is 5. The Morgan fingerprint density at radius 2 is 2.31 bits per heavy atom. The van der Waals surface area contributed by atoms with Gasteiger partial charge in [0.25, 0.3) is 0 Å². The lowest BCUT2D eigenvalue weighted by Crippen LogP contribution is -2.26. The zero-order chi connectivity index (χ0) is 11.7. The Morgan fingerprint density at radius 3 is 2.94 bits per heavy atom. The zero-order valence-corrected chi connectivity index (χ0v) is 9.47. The number of methoxy groups -OCH3 is 2. The molecule has 0 unspecified atom stereocenters. The standard InChI is InChI=1S/C11H16O5/c1-6-5-15-10-9(6)7(4-8(12)13-2)16-11(10)14-3/h7,9-11H,1,4-5H2,2-3H3/t7-,9+,10+,11+/m0/s1. The molecule has 4 atom stereocenters. The fourth-order valence-electron chi connectivity index (χ4n) is 2.30. The number of carbonyl (C=O) groups excluding carboxylic acids is 1. The van der Waals surface area contributed by atoms with E-state index in [0.29, 0.717) is 6.61 Å². The molecule has 0 amide bonds. The third kappa shape index (κ3) is 1.86. The van der Waals surface area contributed by atoms with Gasteiger partial charge in [-0.05, 0) is 5.57 Å². The maximum atomic E-state index is 11.2. The minimum Gasteiger partial charge on any atom is -0.469 e. The van der Waals surface area contributed by atoms with Crippen molar-refractivity contribution in [3.05, 3.63) is 12.2 Å². The highest BCUT2D eigenvalue weighted by atomic mass is 16.7. The van der Waals surface area contributed by atoms with Crippen LogP contribution >= 0.6 is 0 Å². The Bertz CT molecular complexity index is 301. The lowest BCUT2D eigenvalue weighted by atomic mass is 9.92. The molecule has 5 nitrogen and oxygen atoms in total. The van der Waals surface area contributed by atoms with E-state index in [0.717, 1.165) is 5.57 Å². The van der Waals surface area contributed by atoms with Crippen LogP contribution in [0.5, 0.6) is 0 Å². The summed E-state index contributed by atoms with van der Waals surface area (Å²) >= 11 is 0. The summed E-state index contributed by atoms with van der Waals surface area (Å²) in [7, 11) is 2.93. The van der Waals surface area contributed by atoms with Gasteiger partial charge in [-0.3, -0.25) is 4.79 Å². The van der Waals surface area contributed by atoms with Crippen molar-refractivity contribution in [2.24, 2.45) is 5.92 Å². The van der Waals surface area contributed by atoms with E-state index in [1.165, 1.54) is 7.11 Å². The van der Waals surface area contributed by atoms with Crippen LogP contribution in [-0.2, 0) is 23.7 Å². The number of carbonyl (C=O) groups is 1. The SMILES string of the molecule is C=C1CO[C@H]2[C@H](OC)O[C@@H](CC(=O)OC)[C@@H]12. The van der Waals surface area contributed by atoms with Crippen LogP contribution in [0.1, 0.15) is 6.42 Å². The average Bonchev–Trinajstić information content (AvgIpc) is 2.81. The average molecular weight is 228 g/mol. The zero-order valence-electron chi connectivity index (χ0n) is 9.47.